The summed E-state index contributed by atoms with van der Waals surface area (Å²) in [6, 6.07) is 0. The molecule has 0 radical (unpaired) electrons. The largest absolute Gasteiger partial charge is 0.393 e. The van der Waals surface area contributed by atoms with Crippen LogP contribution in [-0.2, 0) is 0 Å². The molecule has 8 heavy (non-hydrogen) atoms. The smallest absolute Gasteiger partial charge is 0.0762 e. The van der Waals surface area contributed by atoms with Gasteiger partial charge in [-0.3, -0.25) is 0 Å². The van der Waals surface area contributed by atoms with Gasteiger partial charge in [-0.1, -0.05) is 6.08 Å². The average Bonchev–Trinajstić information content (AvgIpc) is 2.12. The highest BCUT2D eigenvalue weighted by Crippen LogP contribution is 2.25. The summed E-state index contributed by atoms with van der Waals surface area (Å²) in [5.41, 5.74) is 5.37. The highest BCUT2D eigenvalue weighted by Gasteiger charge is 2.00. The fourth-order valence-electron chi connectivity index (χ4n) is 0.500. The van der Waals surface area contributed by atoms with E-state index in [0.717, 1.165) is 10.7 Å². The molecule has 0 unspecified atom stereocenters. The minimum Gasteiger partial charge on any atom is -0.393 e. The third-order valence-electron chi connectivity index (χ3n) is 0.857. The monoisotopic (exact) mass is 145 g/mol. The lowest BCUT2D eigenvalue weighted by Crippen LogP contribution is -1.88. The molecule has 44 valence electrons. The predicted molar refractivity (Wildman–Crippen MR) is 41.8 cm³/mol. The first-order valence-electron chi connectivity index (χ1n) is 2.29. The van der Waals surface area contributed by atoms with Gasteiger partial charge in [-0.25, -0.2) is 0 Å². The third kappa shape index (κ3) is 1.23. The predicted octanol–water partition coefficient (Wildman–Crippen LogP) is 1.35. The first kappa shape index (κ1) is 6.11. The zero-order chi connectivity index (χ0) is 5.98. The molecule has 1 aliphatic rings. The number of thioether (sulfide) groups is 1. The van der Waals surface area contributed by atoms with Crippen LogP contribution in [0.4, 0.5) is 0 Å². The van der Waals surface area contributed by atoms with Crippen molar-refractivity contribution in [3.63, 3.8) is 0 Å². The molecule has 1 rings (SSSR count). The maximum absolute atomic E-state index is 5.37. The quantitative estimate of drug-likeness (QED) is 0.503. The van der Waals surface area contributed by atoms with Crippen LogP contribution >= 0.6 is 24.4 Å². The first-order valence-corrected chi connectivity index (χ1v) is 3.72. The SMILES string of the molecule is N/C(S)=C1\C=CCS1. The summed E-state index contributed by atoms with van der Waals surface area (Å²) < 4.78 is 0. The number of nitrogens with two attached hydrogens (primary N) is 1. The van der Waals surface area contributed by atoms with Crippen molar-refractivity contribution >= 4 is 24.4 Å². The lowest BCUT2D eigenvalue weighted by atomic mass is 10.5. The molecular weight excluding hydrogens is 138 g/mol. The van der Waals surface area contributed by atoms with E-state index >= 15 is 0 Å². The Morgan fingerprint density at radius 1 is 1.88 bits per heavy atom. The van der Waals surface area contributed by atoms with Gasteiger partial charge in [0.2, 0.25) is 0 Å². The minimum atomic E-state index is 0.628. The van der Waals surface area contributed by atoms with E-state index in [2.05, 4.69) is 18.7 Å². The van der Waals surface area contributed by atoms with Gasteiger partial charge in [0.05, 0.1) is 5.03 Å². The summed E-state index contributed by atoms with van der Waals surface area (Å²) in [4.78, 5) is 1.09. The summed E-state index contributed by atoms with van der Waals surface area (Å²) in [6.45, 7) is 0. The Morgan fingerprint density at radius 2 is 2.62 bits per heavy atom. The second kappa shape index (κ2) is 2.51. The van der Waals surface area contributed by atoms with Crippen LogP contribution in [0.25, 0.3) is 0 Å². The molecule has 1 heterocycles. The molecule has 0 bridgehead atoms. The Kier molecular flexibility index (Phi) is 1.91. The topological polar surface area (TPSA) is 26.0 Å². The van der Waals surface area contributed by atoms with Crippen LogP contribution in [0.15, 0.2) is 22.1 Å². The van der Waals surface area contributed by atoms with Gasteiger partial charge in [-0.15, -0.1) is 24.4 Å². The maximum Gasteiger partial charge on any atom is 0.0762 e. The second-order valence-corrected chi connectivity index (χ2v) is 3.01. The minimum absolute atomic E-state index is 0.628. The third-order valence-corrected chi connectivity index (χ3v) is 2.28. The van der Waals surface area contributed by atoms with E-state index < -0.39 is 0 Å². The molecule has 0 aromatic heterocycles. The summed E-state index contributed by atoms with van der Waals surface area (Å²) in [5.74, 6) is 1.04. The van der Waals surface area contributed by atoms with Crippen LogP contribution in [0.5, 0.6) is 0 Å². The molecule has 0 atom stereocenters. The molecular formula is C5H7NS2. The van der Waals surface area contributed by atoms with E-state index in [0.29, 0.717) is 5.03 Å². The Morgan fingerprint density at radius 3 is 2.88 bits per heavy atom. The number of hydrogen-bond acceptors (Lipinski definition) is 3. The first-order chi connectivity index (χ1) is 3.80. The van der Waals surface area contributed by atoms with E-state index in [1.54, 1.807) is 11.8 Å². The van der Waals surface area contributed by atoms with Gasteiger partial charge in [0.1, 0.15) is 0 Å². The zero-order valence-electron chi connectivity index (χ0n) is 4.29. The van der Waals surface area contributed by atoms with Crippen molar-refractivity contribution in [1.82, 2.24) is 0 Å². The normalized spacial score (nSPS) is 24.1. The van der Waals surface area contributed by atoms with E-state index in [4.69, 9.17) is 5.73 Å². The van der Waals surface area contributed by atoms with Crippen molar-refractivity contribution in [3.8, 4) is 0 Å². The highest BCUT2D eigenvalue weighted by atomic mass is 32.2. The van der Waals surface area contributed by atoms with Crippen LogP contribution in [-0.4, -0.2) is 5.75 Å². The lowest BCUT2D eigenvalue weighted by Gasteiger charge is -1.92. The van der Waals surface area contributed by atoms with E-state index in [9.17, 15) is 0 Å². The van der Waals surface area contributed by atoms with Crippen LogP contribution in [0.1, 0.15) is 0 Å². The Balaban J connectivity index is 2.73. The molecule has 0 aliphatic carbocycles. The summed E-state index contributed by atoms with van der Waals surface area (Å²) in [5, 5.41) is 0.628. The molecule has 3 heteroatoms. The van der Waals surface area contributed by atoms with Gasteiger partial charge in [0, 0.05) is 10.7 Å². The van der Waals surface area contributed by atoms with Gasteiger partial charge in [-0.2, -0.15) is 0 Å². The molecule has 0 aromatic rings. The fraction of sp³-hybridized carbons (Fsp3) is 0.200. The number of hydrogen-bond donors (Lipinski definition) is 2. The van der Waals surface area contributed by atoms with Gasteiger partial charge in [-0.05, 0) is 6.08 Å². The van der Waals surface area contributed by atoms with Crippen LogP contribution < -0.4 is 5.73 Å². The van der Waals surface area contributed by atoms with Crippen LogP contribution in [0, 0.1) is 0 Å². The standard InChI is InChI=1S/C5H7NS2/c6-5(7)4-2-1-3-8-4/h1-2,7H,3,6H2/b5-4-. The van der Waals surface area contributed by atoms with Gasteiger partial charge >= 0.3 is 0 Å². The highest BCUT2D eigenvalue weighted by molar-refractivity contribution is 8.04. The summed E-state index contributed by atoms with van der Waals surface area (Å²) in [6.07, 6.45) is 4.07. The lowest BCUT2D eigenvalue weighted by molar-refractivity contribution is 1.54. The van der Waals surface area contributed by atoms with Crippen molar-refractivity contribution in [1.29, 1.82) is 0 Å². The molecule has 0 aromatic carbocycles. The number of rotatable bonds is 0. The molecule has 1 aliphatic heterocycles. The van der Waals surface area contributed by atoms with Crippen molar-refractivity contribution in [2.24, 2.45) is 5.73 Å². The summed E-state index contributed by atoms with van der Waals surface area (Å²) >= 11 is 5.70. The molecule has 0 fully saturated rings. The summed E-state index contributed by atoms with van der Waals surface area (Å²) in [7, 11) is 0. The fourth-order valence-corrected chi connectivity index (χ4v) is 1.48. The van der Waals surface area contributed by atoms with E-state index in [1.165, 1.54) is 0 Å². The second-order valence-electron chi connectivity index (χ2n) is 1.46. The van der Waals surface area contributed by atoms with Gasteiger partial charge in [0.15, 0.2) is 0 Å². The molecule has 0 spiro atoms. The molecule has 1 nitrogen and oxygen atoms in total. The van der Waals surface area contributed by atoms with Gasteiger partial charge < -0.3 is 5.73 Å². The van der Waals surface area contributed by atoms with Crippen molar-refractivity contribution in [2.45, 2.75) is 0 Å². The Bertz CT molecular complexity index is 145. The Hall–Kier alpha value is -0.0200. The van der Waals surface area contributed by atoms with Crippen molar-refractivity contribution in [2.75, 3.05) is 5.75 Å². The molecule has 0 amide bonds. The Labute approximate surface area is 58.4 Å². The van der Waals surface area contributed by atoms with E-state index in [-0.39, 0.29) is 0 Å². The van der Waals surface area contributed by atoms with Crippen LogP contribution in [0.3, 0.4) is 0 Å². The molecule has 0 saturated heterocycles. The maximum atomic E-state index is 5.37. The van der Waals surface area contributed by atoms with Gasteiger partial charge in [0.25, 0.3) is 0 Å². The average molecular weight is 145 g/mol. The van der Waals surface area contributed by atoms with Crippen molar-refractivity contribution < 1.29 is 0 Å². The number of thiol groups is 1. The number of allylic oxidation sites excluding steroid dienone is 1. The van der Waals surface area contributed by atoms with Crippen LogP contribution in [0.2, 0.25) is 0 Å². The molecule has 0 saturated carbocycles. The van der Waals surface area contributed by atoms with E-state index in [1.807, 2.05) is 6.08 Å². The van der Waals surface area contributed by atoms with Crippen molar-refractivity contribution in [3.05, 3.63) is 22.1 Å². The molecule has 2 N–H and O–H groups in total. The zero-order valence-corrected chi connectivity index (χ0v) is 6.01.